The van der Waals surface area contributed by atoms with Gasteiger partial charge in [-0.1, -0.05) is 15.9 Å². The fourth-order valence-electron chi connectivity index (χ4n) is 1.80. The summed E-state index contributed by atoms with van der Waals surface area (Å²) < 4.78 is 40.6. The number of benzene rings is 1. The van der Waals surface area contributed by atoms with Gasteiger partial charge in [-0.15, -0.1) is 0 Å². The van der Waals surface area contributed by atoms with E-state index in [1.165, 1.54) is 13.8 Å². The molecule has 1 aromatic rings. The summed E-state index contributed by atoms with van der Waals surface area (Å²) in [6.07, 6.45) is -0.592. The van der Waals surface area contributed by atoms with E-state index in [4.69, 9.17) is 5.11 Å². The van der Waals surface area contributed by atoms with Crippen LogP contribution in [0.25, 0.3) is 0 Å². The van der Waals surface area contributed by atoms with E-state index in [0.29, 0.717) is 0 Å². The Morgan fingerprint density at radius 3 is 2.48 bits per heavy atom. The molecule has 2 atom stereocenters. The van der Waals surface area contributed by atoms with E-state index >= 15 is 0 Å². The minimum Gasteiger partial charge on any atom is -0.478 e. The highest BCUT2D eigenvalue weighted by Crippen LogP contribution is 2.24. The lowest BCUT2D eigenvalue weighted by molar-refractivity contribution is 0.0691. The number of carboxylic acids is 1. The number of rotatable bonds is 6. The fourth-order valence-corrected chi connectivity index (χ4v) is 3.79. The van der Waals surface area contributed by atoms with Gasteiger partial charge in [0, 0.05) is 10.5 Å². The summed E-state index contributed by atoms with van der Waals surface area (Å²) in [7, 11) is -4.24. The SMILES string of the molecule is CC(O)CC(C)NS(=O)(=O)c1cc(Br)cc(C(=O)O)c1F. The largest absolute Gasteiger partial charge is 0.478 e. The summed E-state index contributed by atoms with van der Waals surface area (Å²) >= 11 is 2.95. The number of hydrogen-bond acceptors (Lipinski definition) is 4. The van der Waals surface area contributed by atoms with Crippen molar-refractivity contribution in [3.05, 3.63) is 28.0 Å². The number of aliphatic hydroxyl groups is 1. The standard InChI is InChI=1S/C12H15BrFNO5S/c1-6(3-7(2)16)15-21(19,20)10-5-8(13)4-9(11(10)14)12(17)18/h4-7,15-16H,3H2,1-2H3,(H,17,18). The van der Waals surface area contributed by atoms with Crippen molar-refractivity contribution < 1.29 is 27.8 Å². The fraction of sp³-hybridized carbons (Fsp3) is 0.417. The van der Waals surface area contributed by atoms with Gasteiger partial charge in [0.2, 0.25) is 10.0 Å². The monoisotopic (exact) mass is 383 g/mol. The summed E-state index contributed by atoms with van der Waals surface area (Å²) in [5, 5.41) is 18.1. The molecule has 0 aliphatic heterocycles. The van der Waals surface area contributed by atoms with E-state index in [9.17, 15) is 22.7 Å². The molecule has 0 aliphatic carbocycles. The number of nitrogens with one attached hydrogen (secondary N) is 1. The van der Waals surface area contributed by atoms with Gasteiger partial charge in [0.05, 0.1) is 11.7 Å². The van der Waals surface area contributed by atoms with Crippen LogP contribution in [0.4, 0.5) is 4.39 Å². The Hall–Kier alpha value is -1.03. The van der Waals surface area contributed by atoms with E-state index in [-0.39, 0.29) is 10.9 Å². The van der Waals surface area contributed by atoms with Gasteiger partial charge in [-0.2, -0.15) is 0 Å². The molecule has 0 saturated carbocycles. The average molecular weight is 384 g/mol. The Labute approximate surface area is 130 Å². The zero-order chi connectivity index (χ0) is 16.4. The van der Waals surface area contributed by atoms with E-state index in [1.54, 1.807) is 0 Å². The maximum absolute atomic E-state index is 14.0. The topological polar surface area (TPSA) is 104 Å². The van der Waals surface area contributed by atoms with Gasteiger partial charge in [0.15, 0.2) is 5.82 Å². The molecule has 1 aromatic carbocycles. The summed E-state index contributed by atoms with van der Waals surface area (Å²) in [6, 6.07) is 1.33. The maximum atomic E-state index is 14.0. The molecule has 21 heavy (non-hydrogen) atoms. The van der Waals surface area contributed by atoms with Crippen molar-refractivity contribution in [1.82, 2.24) is 4.72 Å². The van der Waals surface area contributed by atoms with Gasteiger partial charge in [-0.25, -0.2) is 22.3 Å². The first-order valence-electron chi connectivity index (χ1n) is 5.97. The van der Waals surface area contributed by atoms with Gasteiger partial charge < -0.3 is 10.2 Å². The number of carbonyl (C=O) groups is 1. The van der Waals surface area contributed by atoms with Gasteiger partial charge >= 0.3 is 5.97 Å². The molecule has 118 valence electrons. The van der Waals surface area contributed by atoms with Crippen molar-refractivity contribution in [3.8, 4) is 0 Å². The molecular formula is C12H15BrFNO5S. The first-order valence-corrected chi connectivity index (χ1v) is 8.25. The minimum atomic E-state index is -4.24. The van der Waals surface area contributed by atoms with E-state index < -0.39 is 44.4 Å². The third kappa shape index (κ3) is 4.73. The van der Waals surface area contributed by atoms with Crippen LogP contribution in [0.1, 0.15) is 30.6 Å². The van der Waals surface area contributed by atoms with Crippen LogP contribution in [0.2, 0.25) is 0 Å². The van der Waals surface area contributed by atoms with Crippen molar-refractivity contribution in [3.63, 3.8) is 0 Å². The van der Waals surface area contributed by atoms with Gasteiger partial charge in [0.1, 0.15) is 4.90 Å². The molecule has 9 heteroatoms. The Morgan fingerprint density at radius 2 is 2.00 bits per heavy atom. The van der Waals surface area contributed by atoms with Crippen LogP contribution in [0, 0.1) is 5.82 Å². The van der Waals surface area contributed by atoms with Crippen molar-refractivity contribution in [2.45, 2.75) is 37.3 Å². The Bertz CT molecular complexity index is 647. The number of hydrogen-bond donors (Lipinski definition) is 3. The number of aromatic carboxylic acids is 1. The lowest BCUT2D eigenvalue weighted by Gasteiger charge is -2.16. The van der Waals surface area contributed by atoms with Crippen LogP contribution in [0.15, 0.2) is 21.5 Å². The van der Waals surface area contributed by atoms with Crippen LogP contribution in [-0.2, 0) is 10.0 Å². The molecular weight excluding hydrogens is 369 g/mol. The molecule has 1 rings (SSSR count). The number of aliphatic hydroxyl groups excluding tert-OH is 1. The molecule has 6 nitrogen and oxygen atoms in total. The van der Waals surface area contributed by atoms with Gasteiger partial charge in [0.25, 0.3) is 0 Å². The van der Waals surface area contributed by atoms with Crippen LogP contribution in [0.3, 0.4) is 0 Å². The summed E-state index contributed by atoms with van der Waals surface area (Å²) in [4.78, 5) is 10.2. The normalized spacial score (nSPS) is 14.7. The highest BCUT2D eigenvalue weighted by Gasteiger charge is 2.26. The van der Waals surface area contributed by atoms with E-state index in [1.807, 2.05) is 0 Å². The molecule has 0 spiro atoms. The molecule has 0 saturated heterocycles. The Kier molecular flexibility index (Phi) is 5.85. The lowest BCUT2D eigenvalue weighted by atomic mass is 10.2. The highest BCUT2D eigenvalue weighted by molar-refractivity contribution is 9.10. The Balaban J connectivity index is 3.23. The first-order chi connectivity index (χ1) is 9.54. The average Bonchev–Trinajstić information content (AvgIpc) is 2.29. The molecule has 0 heterocycles. The predicted octanol–water partition coefficient (Wildman–Crippen LogP) is 1.72. The van der Waals surface area contributed by atoms with Gasteiger partial charge in [-0.05, 0) is 32.4 Å². The van der Waals surface area contributed by atoms with Crippen LogP contribution in [-0.4, -0.2) is 36.7 Å². The second-order valence-corrected chi connectivity index (χ2v) is 7.28. The predicted molar refractivity (Wildman–Crippen MR) is 77.1 cm³/mol. The van der Waals surface area contributed by atoms with Crippen molar-refractivity contribution >= 4 is 31.9 Å². The quantitative estimate of drug-likeness (QED) is 0.693. The smallest absolute Gasteiger partial charge is 0.338 e. The van der Waals surface area contributed by atoms with Crippen LogP contribution < -0.4 is 4.72 Å². The van der Waals surface area contributed by atoms with E-state index in [0.717, 1.165) is 12.1 Å². The zero-order valence-electron chi connectivity index (χ0n) is 11.3. The molecule has 3 N–H and O–H groups in total. The molecule has 0 fully saturated rings. The highest BCUT2D eigenvalue weighted by atomic mass is 79.9. The summed E-state index contributed by atoms with van der Waals surface area (Å²) in [5.74, 6) is -2.90. The molecule has 0 amide bonds. The van der Waals surface area contributed by atoms with Crippen LogP contribution >= 0.6 is 15.9 Å². The molecule has 0 bridgehead atoms. The van der Waals surface area contributed by atoms with Crippen molar-refractivity contribution in [2.24, 2.45) is 0 Å². The summed E-state index contributed by atoms with van der Waals surface area (Å²) in [6.45, 7) is 3.01. The molecule has 0 aromatic heterocycles. The third-order valence-electron chi connectivity index (χ3n) is 2.57. The third-order valence-corrected chi connectivity index (χ3v) is 4.62. The zero-order valence-corrected chi connectivity index (χ0v) is 13.7. The second kappa shape index (κ2) is 6.82. The maximum Gasteiger partial charge on any atom is 0.338 e. The Morgan fingerprint density at radius 1 is 1.43 bits per heavy atom. The number of halogens is 2. The lowest BCUT2D eigenvalue weighted by Crippen LogP contribution is -2.35. The first kappa shape index (κ1) is 18.0. The van der Waals surface area contributed by atoms with Crippen molar-refractivity contribution in [2.75, 3.05) is 0 Å². The van der Waals surface area contributed by atoms with Crippen LogP contribution in [0.5, 0.6) is 0 Å². The van der Waals surface area contributed by atoms with E-state index in [2.05, 4.69) is 20.7 Å². The second-order valence-electron chi connectivity index (χ2n) is 4.68. The summed E-state index contributed by atoms with van der Waals surface area (Å²) in [5.41, 5.74) is -0.743. The molecule has 0 radical (unpaired) electrons. The number of sulfonamides is 1. The molecule has 0 aliphatic rings. The molecule has 2 unspecified atom stereocenters. The number of carboxylic acid groups (broad SMARTS) is 1. The van der Waals surface area contributed by atoms with Crippen molar-refractivity contribution in [1.29, 1.82) is 0 Å². The minimum absolute atomic E-state index is 0.129. The van der Waals surface area contributed by atoms with Gasteiger partial charge in [-0.3, -0.25) is 0 Å².